The van der Waals surface area contributed by atoms with E-state index in [-0.39, 0.29) is 18.1 Å². The van der Waals surface area contributed by atoms with Crippen LogP contribution >= 0.6 is 15.9 Å². The van der Waals surface area contributed by atoms with Crippen LogP contribution in [0.5, 0.6) is 0 Å². The van der Waals surface area contributed by atoms with Crippen LogP contribution in [0.1, 0.15) is 17.0 Å². The molecule has 0 amide bonds. The predicted molar refractivity (Wildman–Crippen MR) is 104 cm³/mol. The van der Waals surface area contributed by atoms with Crippen molar-refractivity contribution in [3.63, 3.8) is 0 Å². The van der Waals surface area contributed by atoms with E-state index in [1.54, 1.807) is 4.90 Å². The highest BCUT2D eigenvalue weighted by Gasteiger charge is 2.31. The number of aliphatic hydroxyl groups excluding tert-OH is 1. The molecule has 2 heterocycles. The minimum Gasteiger partial charge on any atom is -0.509 e. The molecule has 0 radical (unpaired) electrons. The van der Waals surface area contributed by atoms with Crippen molar-refractivity contribution in [3.8, 4) is 0 Å². The maximum absolute atomic E-state index is 10.5. The lowest BCUT2D eigenvalue weighted by Crippen LogP contribution is -2.26. The first kappa shape index (κ1) is 15.9. The molecule has 5 nitrogen and oxygen atoms in total. The van der Waals surface area contributed by atoms with Crippen LogP contribution in [-0.2, 0) is 0 Å². The molecule has 126 valence electrons. The molecular weight excluding hydrogens is 380 g/mol. The molecule has 0 unspecified atom stereocenters. The van der Waals surface area contributed by atoms with Crippen LogP contribution in [0.4, 0.5) is 5.69 Å². The highest BCUT2D eigenvalue weighted by Crippen LogP contribution is 2.31. The average Bonchev–Trinajstić information content (AvgIpc) is 3.09. The van der Waals surface area contributed by atoms with Crippen LogP contribution in [0.25, 0.3) is 16.6 Å². The van der Waals surface area contributed by atoms with E-state index in [0.29, 0.717) is 11.4 Å². The summed E-state index contributed by atoms with van der Waals surface area (Å²) in [6.45, 7) is 4.37. The maximum atomic E-state index is 10.5. The zero-order valence-electron chi connectivity index (χ0n) is 13.9. The zero-order valence-corrected chi connectivity index (χ0v) is 15.5. The summed E-state index contributed by atoms with van der Waals surface area (Å²) in [6, 6.07) is 11.7. The summed E-state index contributed by atoms with van der Waals surface area (Å²) in [5.74, 6) is 0.926. The van der Waals surface area contributed by atoms with Crippen molar-refractivity contribution in [2.75, 3.05) is 11.4 Å². The second-order valence-electron chi connectivity index (χ2n) is 6.27. The quantitative estimate of drug-likeness (QED) is 0.586. The van der Waals surface area contributed by atoms with Crippen molar-refractivity contribution in [1.29, 1.82) is 5.41 Å². The lowest BCUT2D eigenvalue weighted by molar-refractivity contribution is 0.411. The van der Waals surface area contributed by atoms with Crippen LogP contribution in [0.15, 0.2) is 46.6 Å². The summed E-state index contributed by atoms with van der Waals surface area (Å²) >= 11 is 3.41. The minimum atomic E-state index is 0.153. The fourth-order valence-electron chi connectivity index (χ4n) is 3.06. The van der Waals surface area contributed by atoms with Gasteiger partial charge in [0.05, 0.1) is 23.2 Å². The van der Waals surface area contributed by atoms with E-state index in [0.717, 1.165) is 21.2 Å². The van der Waals surface area contributed by atoms with Gasteiger partial charge >= 0.3 is 0 Å². The van der Waals surface area contributed by atoms with Gasteiger partial charge in [-0.2, -0.15) is 0 Å². The van der Waals surface area contributed by atoms with Crippen LogP contribution in [0, 0.1) is 19.3 Å². The maximum Gasteiger partial charge on any atom is 0.145 e. The summed E-state index contributed by atoms with van der Waals surface area (Å²) in [5, 5.41) is 19.0. The number of halogens is 1. The number of benzene rings is 2. The van der Waals surface area contributed by atoms with Gasteiger partial charge in [-0.05, 0) is 61.4 Å². The molecule has 1 aliphatic heterocycles. The molecule has 25 heavy (non-hydrogen) atoms. The number of fused-ring (bicyclic) bond motifs is 1. The molecule has 3 N–H and O–H groups in total. The Kier molecular flexibility index (Phi) is 3.65. The minimum absolute atomic E-state index is 0.153. The Morgan fingerprint density at radius 3 is 2.56 bits per heavy atom. The summed E-state index contributed by atoms with van der Waals surface area (Å²) < 4.78 is 0.974. The molecule has 0 bridgehead atoms. The van der Waals surface area contributed by atoms with E-state index < -0.39 is 0 Å². The van der Waals surface area contributed by atoms with Crippen LogP contribution < -0.4 is 4.90 Å². The van der Waals surface area contributed by atoms with Crippen LogP contribution in [0.2, 0.25) is 0 Å². The fraction of sp³-hybridized carbons (Fsp3) is 0.158. The van der Waals surface area contributed by atoms with E-state index in [4.69, 9.17) is 5.41 Å². The Morgan fingerprint density at radius 2 is 1.84 bits per heavy atom. The molecule has 0 saturated heterocycles. The van der Waals surface area contributed by atoms with E-state index in [1.165, 1.54) is 11.1 Å². The number of amidine groups is 1. The lowest BCUT2D eigenvalue weighted by Gasteiger charge is -2.18. The third-order valence-corrected chi connectivity index (χ3v) is 5.10. The number of rotatable bonds is 2. The smallest absolute Gasteiger partial charge is 0.145 e. The van der Waals surface area contributed by atoms with Crippen LogP contribution in [0.3, 0.4) is 0 Å². The Morgan fingerprint density at radius 1 is 1.16 bits per heavy atom. The number of anilines is 1. The summed E-state index contributed by atoms with van der Waals surface area (Å²) in [5.41, 5.74) is 5.41. The van der Waals surface area contributed by atoms with Gasteiger partial charge in [-0.15, -0.1) is 0 Å². The number of aliphatic hydroxyl groups is 1. The third-order valence-electron chi connectivity index (χ3n) is 4.58. The molecular formula is C19H17BrN4O. The van der Waals surface area contributed by atoms with Crippen molar-refractivity contribution in [2.24, 2.45) is 0 Å². The first-order valence-electron chi connectivity index (χ1n) is 7.95. The number of aromatic nitrogens is 2. The van der Waals surface area contributed by atoms with Gasteiger partial charge in [-0.3, -0.25) is 5.41 Å². The topological polar surface area (TPSA) is 76.0 Å². The van der Waals surface area contributed by atoms with E-state index in [9.17, 15) is 5.11 Å². The van der Waals surface area contributed by atoms with Crippen molar-refractivity contribution >= 4 is 44.1 Å². The number of imidazole rings is 1. The molecule has 3 aromatic rings. The third kappa shape index (κ3) is 2.62. The average molecular weight is 397 g/mol. The predicted octanol–water partition coefficient (Wildman–Crippen LogP) is 4.71. The Labute approximate surface area is 153 Å². The SMILES string of the molecule is Cc1cc2nc(C3=C(O)CN(c4ccc(Br)cc4)C3=N)[nH]c2cc1C. The van der Waals surface area contributed by atoms with Gasteiger partial charge in [0.25, 0.3) is 0 Å². The normalized spacial score (nSPS) is 14.8. The van der Waals surface area contributed by atoms with Gasteiger partial charge in [-0.25, -0.2) is 4.98 Å². The molecule has 0 fully saturated rings. The van der Waals surface area contributed by atoms with Gasteiger partial charge in [-0.1, -0.05) is 15.9 Å². The first-order valence-corrected chi connectivity index (χ1v) is 8.75. The fourth-order valence-corrected chi connectivity index (χ4v) is 3.32. The molecule has 2 aromatic carbocycles. The van der Waals surface area contributed by atoms with Gasteiger partial charge < -0.3 is 15.0 Å². The van der Waals surface area contributed by atoms with Gasteiger partial charge in [0, 0.05) is 10.2 Å². The van der Waals surface area contributed by atoms with E-state index >= 15 is 0 Å². The number of hydrogen-bond donors (Lipinski definition) is 3. The Hall–Kier alpha value is -2.60. The first-order chi connectivity index (χ1) is 11.9. The number of nitrogens with one attached hydrogen (secondary N) is 2. The van der Waals surface area contributed by atoms with E-state index in [2.05, 4.69) is 32.8 Å². The van der Waals surface area contributed by atoms with Crippen molar-refractivity contribution in [1.82, 2.24) is 9.97 Å². The highest BCUT2D eigenvalue weighted by molar-refractivity contribution is 9.10. The second-order valence-corrected chi connectivity index (χ2v) is 7.19. The monoisotopic (exact) mass is 396 g/mol. The Balaban J connectivity index is 1.74. The standard InChI is InChI=1S/C19H17BrN4O/c1-10-7-14-15(8-11(10)2)23-19(22-14)17-16(25)9-24(18(17)21)13-5-3-12(20)4-6-13/h3-8,21,25H,9H2,1-2H3,(H,22,23). The van der Waals surface area contributed by atoms with Crippen molar-refractivity contribution < 1.29 is 5.11 Å². The summed E-state index contributed by atoms with van der Waals surface area (Å²) in [6.07, 6.45) is 0. The molecule has 0 spiro atoms. The van der Waals surface area contributed by atoms with Gasteiger partial charge in [0.15, 0.2) is 0 Å². The van der Waals surface area contributed by atoms with Crippen molar-refractivity contribution in [3.05, 3.63) is 63.6 Å². The van der Waals surface area contributed by atoms with Crippen LogP contribution in [-0.4, -0.2) is 27.5 Å². The molecule has 1 aliphatic rings. The zero-order chi connectivity index (χ0) is 17.7. The molecule has 0 atom stereocenters. The second kappa shape index (κ2) is 5.74. The van der Waals surface area contributed by atoms with Crippen molar-refractivity contribution in [2.45, 2.75) is 13.8 Å². The van der Waals surface area contributed by atoms with Gasteiger partial charge in [0.2, 0.25) is 0 Å². The number of aromatic amines is 1. The lowest BCUT2D eigenvalue weighted by atomic mass is 10.1. The number of H-pyrrole nitrogens is 1. The Bertz CT molecular complexity index is 995. The number of hydrogen-bond acceptors (Lipinski definition) is 3. The molecule has 6 heteroatoms. The summed E-state index contributed by atoms with van der Waals surface area (Å²) in [7, 11) is 0. The molecule has 0 saturated carbocycles. The highest BCUT2D eigenvalue weighted by atomic mass is 79.9. The molecule has 0 aliphatic carbocycles. The molecule has 1 aromatic heterocycles. The van der Waals surface area contributed by atoms with E-state index in [1.807, 2.05) is 43.3 Å². The van der Waals surface area contributed by atoms with Gasteiger partial charge in [0.1, 0.15) is 17.4 Å². The summed E-state index contributed by atoms with van der Waals surface area (Å²) in [4.78, 5) is 9.60. The molecule has 4 rings (SSSR count). The number of aryl methyl sites for hydroxylation is 2. The number of nitrogens with zero attached hydrogens (tertiary/aromatic N) is 2. The largest absolute Gasteiger partial charge is 0.509 e.